The predicted octanol–water partition coefficient (Wildman–Crippen LogP) is 4.76. The quantitative estimate of drug-likeness (QED) is 0.469. The Labute approximate surface area is 216 Å². The molecule has 9 nitrogen and oxygen atoms in total. The number of methoxy groups -OCH3 is 1. The Balaban J connectivity index is 1.55. The summed E-state index contributed by atoms with van der Waals surface area (Å²) < 4.78 is 11.0. The van der Waals surface area contributed by atoms with E-state index in [0.717, 1.165) is 17.3 Å². The Morgan fingerprint density at radius 3 is 2.54 bits per heavy atom. The van der Waals surface area contributed by atoms with Gasteiger partial charge in [0.05, 0.1) is 23.9 Å². The summed E-state index contributed by atoms with van der Waals surface area (Å²) in [7, 11) is 1.33. The number of nitriles is 1. The molecule has 2 aromatic carbocycles. The van der Waals surface area contributed by atoms with Crippen LogP contribution in [-0.2, 0) is 9.53 Å². The fourth-order valence-corrected chi connectivity index (χ4v) is 5.08. The first-order chi connectivity index (χ1) is 17.9. The highest BCUT2D eigenvalue weighted by Crippen LogP contribution is 2.46. The molecule has 184 valence electrons. The predicted molar refractivity (Wildman–Crippen MR) is 140 cm³/mol. The van der Waals surface area contributed by atoms with Crippen molar-refractivity contribution >= 4 is 34.5 Å². The van der Waals surface area contributed by atoms with Crippen molar-refractivity contribution in [1.29, 1.82) is 5.26 Å². The number of fused-ring (bicyclic) bond motifs is 1. The number of anilines is 1. The number of furan rings is 1. The van der Waals surface area contributed by atoms with E-state index >= 15 is 0 Å². The Morgan fingerprint density at radius 2 is 1.86 bits per heavy atom. The molecule has 10 heteroatoms. The molecule has 5 rings (SSSR count). The van der Waals surface area contributed by atoms with E-state index in [1.807, 2.05) is 18.2 Å². The summed E-state index contributed by atoms with van der Waals surface area (Å²) >= 11 is 1.15. The van der Waals surface area contributed by atoms with E-state index in [1.165, 1.54) is 7.11 Å². The first kappa shape index (κ1) is 24.0. The maximum Gasteiger partial charge on any atom is 0.337 e. The second kappa shape index (κ2) is 9.72. The molecular weight excluding hydrogens is 490 g/mol. The van der Waals surface area contributed by atoms with Gasteiger partial charge in [0, 0.05) is 11.3 Å². The molecule has 1 amide bonds. The van der Waals surface area contributed by atoms with Crippen LogP contribution in [-0.4, -0.2) is 29.1 Å². The minimum Gasteiger partial charge on any atom is -0.465 e. The topological polar surface area (TPSA) is 134 Å². The van der Waals surface area contributed by atoms with Crippen LogP contribution in [0.25, 0.3) is 11.3 Å². The molecule has 0 spiro atoms. The van der Waals surface area contributed by atoms with Crippen LogP contribution in [0.15, 0.2) is 98.1 Å². The fraction of sp³-hybridized carbons (Fsp3) is 0.111. The monoisotopic (exact) mass is 511 g/mol. The number of esters is 1. The maximum absolute atomic E-state index is 13.5. The molecule has 0 aliphatic carbocycles. The standard InChI is InChI=1S/C27H21N5O4S/c1-15-22(25(33)31-18-6-4-3-5-7-18)23(32-24(29)21(14-28)37-27(32)30-15)20-13-12-19(36-20)16-8-10-17(11-9-16)26(34)35-2/h3-13,23H,29H2,1-2H3,(H,31,33)/t23-/m1/s1. The van der Waals surface area contributed by atoms with Gasteiger partial charge in [0.2, 0.25) is 0 Å². The number of ether oxygens (including phenoxy) is 1. The van der Waals surface area contributed by atoms with E-state index in [9.17, 15) is 14.9 Å². The molecule has 1 atom stereocenters. The van der Waals surface area contributed by atoms with E-state index in [2.05, 4.69) is 16.4 Å². The SMILES string of the molecule is COC(=O)c1ccc(-c2ccc([C@@H]3C(C(=O)Nc4ccccc4)=C(C)N=C4SC(C#N)=C(N)N43)o2)cc1. The van der Waals surface area contributed by atoms with Crippen LogP contribution in [0, 0.1) is 11.3 Å². The Morgan fingerprint density at radius 1 is 1.14 bits per heavy atom. The second-order valence-corrected chi connectivity index (χ2v) is 9.16. The zero-order chi connectivity index (χ0) is 26.1. The lowest BCUT2D eigenvalue weighted by Crippen LogP contribution is -2.39. The number of hydrogen-bond acceptors (Lipinski definition) is 9. The molecule has 37 heavy (non-hydrogen) atoms. The van der Waals surface area contributed by atoms with Crippen LogP contribution >= 0.6 is 11.8 Å². The van der Waals surface area contributed by atoms with Gasteiger partial charge in [-0.1, -0.05) is 30.3 Å². The van der Waals surface area contributed by atoms with Crippen LogP contribution in [0.1, 0.15) is 29.1 Å². The lowest BCUT2D eigenvalue weighted by atomic mass is 9.98. The third-order valence-corrected chi connectivity index (χ3v) is 6.92. The van der Waals surface area contributed by atoms with Crippen LogP contribution in [0.4, 0.5) is 5.69 Å². The lowest BCUT2D eigenvalue weighted by Gasteiger charge is -2.33. The number of allylic oxidation sites excluding steroid dienone is 2. The molecule has 3 N–H and O–H groups in total. The molecule has 0 bridgehead atoms. The van der Waals surface area contributed by atoms with Gasteiger partial charge in [0.15, 0.2) is 5.17 Å². The fourth-order valence-electron chi connectivity index (χ4n) is 4.16. The third-order valence-electron chi connectivity index (χ3n) is 5.94. The van der Waals surface area contributed by atoms with Crippen molar-refractivity contribution in [2.24, 2.45) is 10.7 Å². The average molecular weight is 512 g/mol. The smallest absolute Gasteiger partial charge is 0.337 e. The van der Waals surface area contributed by atoms with Crippen molar-refractivity contribution in [2.75, 3.05) is 12.4 Å². The number of para-hydroxylation sites is 1. The summed E-state index contributed by atoms with van der Waals surface area (Å²) in [5.41, 5.74) is 8.96. The minimum absolute atomic E-state index is 0.203. The van der Waals surface area contributed by atoms with Gasteiger partial charge in [-0.15, -0.1) is 0 Å². The van der Waals surface area contributed by atoms with Gasteiger partial charge in [0.25, 0.3) is 5.91 Å². The van der Waals surface area contributed by atoms with E-state index in [4.69, 9.17) is 14.9 Å². The summed E-state index contributed by atoms with van der Waals surface area (Å²) in [4.78, 5) is 31.8. The molecule has 0 saturated heterocycles. The van der Waals surface area contributed by atoms with Crippen LogP contribution in [0.3, 0.4) is 0 Å². The van der Waals surface area contributed by atoms with Gasteiger partial charge < -0.3 is 20.2 Å². The van der Waals surface area contributed by atoms with Crippen molar-refractivity contribution in [3.63, 3.8) is 0 Å². The summed E-state index contributed by atoms with van der Waals surface area (Å²) in [5, 5.41) is 13.0. The molecule has 0 radical (unpaired) electrons. The third kappa shape index (κ3) is 4.37. The number of carbonyl (C=O) groups is 2. The number of thioether (sulfide) groups is 1. The molecule has 1 aromatic heterocycles. The van der Waals surface area contributed by atoms with Crippen LogP contribution in [0.5, 0.6) is 0 Å². The lowest BCUT2D eigenvalue weighted by molar-refractivity contribution is -0.113. The number of aliphatic imine (C=N–C) groups is 1. The molecule has 3 heterocycles. The zero-order valence-electron chi connectivity index (χ0n) is 19.9. The number of nitrogens with one attached hydrogen (secondary N) is 1. The number of amides is 1. The van der Waals surface area contributed by atoms with Crippen molar-refractivity contribution in [3.8, 4) is 17.4 Å². The van der Waals surface area contributed by atoms with Crippen molar-refractivity contribution in [3.05, 3.63) is 100 Å². The molecule has 0 unspecified atom stereocenters. The Bertz CT molecular complexity index is 1530. The molecular formula is C27H21N5O4S. The number of hydrogen-bond donors (Lipinski definition) is 2. The van der Waals surface area contributed by atoms with Crippen molar-refractivity contribution < 1.29 is 18.7 Å². The summed E-state index contributed by atoms with van der Waals surface area (Å²) in [6.45, 7) is 1.74. The highest BCUT2D eigenvalue weighted by molar-refractivity contribution is 8.17. The molecule has 0 fully saturated rings. The Hall–Kier alpha value is -4.75. The number of amidine groups is 1. The van der Waals surface area contributed by atoms with Crippen LogP contribution < -0.4 is 11.1 Å². The van der Waals surface area contributed by atoms with Crippen molar-refractivity contribution in [1.82, 2.24) is 4.90 Å². The highest BCUT2D eigenvalue weighted by atomic mass is 32.2. The first-order valence-electron chi connectivity index (χ1n) is 11.2. The van der Waals surface area contributed by atoms with Gasteiger partial charge in [-0.2, -0.15) is 5.26 Å². The van der Waals surface area contributed by atoms with Gasteiger partial charge in [-0.3, -0.25) is 9.69 Å². The van der Waals surface area contributed by atoms with Crippen LogP contribution in [0.2, 0.25) is 0 Å². The number of benzene rings is 2. The number of nitrogens with two attached hydrogens (primary N) is 1. The Kier molecular flexibility index (Phi) is 6.29. The minimum atomic E-state index is -0.752. The molecule has 3 aromatic rings. The van der Waals surface area contributed by atoms with Gasteiger partial charge in [-0.05, 0) is 55.1 Å². The number of carbonyl (C=O) groups excluding carboxylic acids is 2. The van der Waals surface area contributed by atoms with E-state index < -0.39 is 12.0 Å². The number of nitrogens with zero attached hydrogens (tertiary/aromatic N) is 3. The van der Waals surface area contributed by atoms with E-state index in [1.54, 1.807) is 60.4 Å². The normalized spacial score (nSPS) is 16.7. The summed E-state index contributed by atoms with van der Waals surface area (Å²) in [6.07, 6.45) is 0. The first-order valence-corrected chi connectivity index (χ1v) is 12.0. The largest absolute Gasteiger partial charge is 0.465 e. The highest BCUT2D eigenvalue weighted by Gasteiger charge is 2.43. The average Bonchev–Trinajstić information content (AvgIpc) is 3.52. The maximum atomic E-state index is 13.5. The molecule has 0 saturated carbocycles. The number of rotatable bonds is 5. The van der Waals surface area contributed by atoms with E-state index in [0.29, 0.717) is 44.1 Å². The second-order valence-electron chi connectivity index (χ2n) is 8.19. The zero-order valence-corrected chi connectivity index (χ0v) is 20.7. The molecule has 2 aliphatic rings. The van der Waals surface area contributed by atoms with Crippen molar-refractivity contribution in [2.45, 2.75) is 13.0 Å². The summed E-state index contributed by atoms with van der Waals surface area (Å²) in [5.74, 6) is 0.386. The van der Waals surface area contributed by atoms with Gasteiger partial charge in [-0.25, -0.2) is 9.79 Å². The molecule has 2 aliphatic heterocycles. The van der Waals surface area contributed by atoms with Gasteiger partial charge in [0.1, 0.15) is 34.4 Å². The summed E-state index contributed by atoms with van der Waals surface area (Å²) in [6, 6.07) is 20.8. The van der Waals surface area contributed by atoms with E-state index in [-0.39, 0.29) is 11.7 Å². The van der Waals surface area contributed by atoms with Gasteiger partial charge >= 0.3 is 5.97 Å².